The van der Waals surface area contributed by atoms with Crippen LogP contribution in [0.4, 0.5) is 8.78 Å². The van der Waals surface area contributed by atoms with Gasteiger partial charge in [0.1, 0.15) is 16.9 Å². The van der Waals surface area contributed by atoms with Gasteiger partial charge >= 0.3 is 11.9 Å². The molecular weight excluding hydrogens is 496 g/mol. The maximum absolute atomic E-state index is 16.1. The van der Waals surface area contributed by atoms with Crippen LogP contribution >= 0.6 is 15.9 Å². The molecule has 1 spiro atoms. The Bertz CT molecular complexity index is 870. The number of carbonyl (C=O) groups excluding carboxylic acids is 1. The Balaban J connectivity index is 2.27. The first kappa shape index (κ1) is 24.5. The van der Waals surface area contributed by atoms with Gasteiger partial charge in [-0.2, -0.15) is 8.78 Å². The van der Waals surface area contributed by atoms with Gasteiger partial charge in [-0.05, 0) is 58.7 Å². The summed E-state index contributed by atoms with van der Waals surface area (Å²) in [6.45, 7) is 6.87. The van der Waals surface area contributed by atoms with Crippen molar-refractivity contribution >= 4 is 32.9 Å². The van der Waals surface area contributed by atoms with Crippen molar-refractivity contribution in [2.75, 3.05) is 19.8 Å². The normalized spacial score (nSPS) is 27.3. The van der Waals surface area contributed by atoms with Gasteiger partial charge in [0.15, 0.2) is 0 Å². The van der Waals surface area contributed by atoms with Crippen molar-refractivity contribution < 1.29 is 32.0 Å². The Morgan fingerprint density at radius 3 is 2.65 bits per heavy atom. The largest absolute Gasteiger partial charge is 0.484 e. The van der Waals surface area contributed by atoms with Crippen molar-refractivity contribution in [3.63, 3.8) is 0 Å². The molecule has 3 atom stereocenters. The van der Waals surface area contributed by atoms with Crippen molar-refractivity contribution in [3.8, 4) is 5.75 Å². The lowest BCUT2D eigenvalue weighted by Gasteiger charge is -2.52. The molecule has 2 aliphatic rings. The van der Waals surface area contributed by atoms with Gasteiger partial charge in [0.05, 0.1) is 28.9 Å². The van der Waals surface area contributed by atoms with E-state index in [1.165, 1.54) is 13.0 Å². The third kappa shape index (κ3) is 4.54. The minimum absolute atomic E-state index is 0.0497. The first-order valence-corrected chi connectivity index (χ1v) is 12.1. The van der Waals surface area contributed by atoms with E-state index in [1.54, 1.807) is 32.9 Å². The second-order valence-corrected chi connectivity index (χ2v) is 11.8. The Hall–Kier alpha value is -1.10. The van der Waals surface area contributed by atoms with Crippen LogP contribution in [0, 0.1) is 0 Å². The van der Waals surface area contributed by atoms with Crippen LogP contribution in [-0.2, 0) is 30.8 Å². The minimum Gasteiger partial charge on any atom is -0.484 e. The molecule has 0 radical (unpaired) electrons. The number of ether oxygens (including phenoxy) is 3. The maximum Gasteiger partial charge on any atom is 0.379 e. The summed E-state index contributed by atoms with van der Waals surface area (Å²) in [5.74, 6) is -5.51. The van der Waals surface area contributed by atoms with Crippen LogP contribution in [0.5, 0.6) is 5.75 Å². The second-order valence-electron chi connectivity index (χ2n) is 8.94. The van der Waals surface area contributed by atoms with Crippen LogP contribution in [0.3, 0.4) is 0 Å². The number of benzene rings is 1. The molecule has 6 nitrogen and oxygen atoms in total. The molecule has 0 aromatic heterocycles. The Morgan fingerprint density at radius 2 is 2.06 bits per heavy atom. The number of halogens is 3. The fourth-order valence-electron chi connectivity index (χ4n) is 3.96. The van der Waals surface area contributed by atoms with Gasteiger partial charge in [0.2, 0.25) is 0 Å². The van der Waals surface area contributed by atoms with E-state index in [-0.39, 0.29) is 30.9 Å². The molecule has 1 saturated heterocycles. The third-order valence-electron chi connectivity index (χ3n) is 5.49. The quantitative estimate of drug-likeness (QED) is 0.584. The zero-order valence-electron chi connectivity index (χ0n) is 18.1. The fourth-order valence-corrected chi connectivity index (χ4v) is 5.26. The lowest BCUT2D eigenvalue weighted by molar-refractivity contribution is -0.196. The monoisotopic (exact) mass is 523 g/mol. The maximum atomic E-state index is 16.1. The molecule has 1 fully saturated rings. The van der Waals surface area contributed by atoms with Crippen LogP contribution in [0.15, 0.2) is 22.7 Å². The molecule has 0 aliphatic carbocycles. The first-order valence-electron chi connectivity index (χ1n) is 10.2. The Kier molecular flexibility index (Phi) is 6.87. The molecule has 0 bridgehead atoms. The predicted octanol–water partition coefficient (Wildman–Crippen LogP) is 4.23. The SMILES string of the molecule is CCOC(=O)C(F)(F)[C@@]1(N[S@@](=O)C(C)(C)C)CC2(CCCOC2)Oc2ccc(Br)cc21. The summed E-state index contributed by atoms with van der Waals surface area (Å²) in [4.78, 5) is 12.6. The Morgan fingerprint density at radius 1 is 1.35 bits per heavy atom. The smallest absolute Gasteiger partial charge is 0.379 e. The van der Waals surface area contributed by atoms with Gasteiger partial charge in [-0.1, -0.05) is 15.9 Å². The molecule has 0 saturated carbocycles. The molecule has 0 amide bonds. The highest BCUT2D eigenvalue weighted by Crippen LogP contribution is 2.54. The van der Waals surface area contributed by atoms with Crippen LogP contribution in [-0.4, -0.2) is 46.3 Å². The molecule has 1 aromatic rings. The van der Waals surface area contributed by atoms with E-state index in [9.17, 15) is 9.00 Å². The highest BCUT2D eigenvalue weighted by atomic mass is 79.9. The molecule has 174 valence electrons. The molecule has 3 rings (SSSR count). The molecule has 2 heterocycles. The summed E-state index contributed by atoms with van der Waals surface area (Å²) in [6, 6.07) is 4.73. The van der Waals surface area contributed by atoms with E-state index in [0.29, 0.717) is 23.9 Å². The standard InChI is InChI=1S/C21H28BrF2NO5S/c1-5-29-17(26)21(23,24)20(25-31(27)18(2,3)4)12-19(9-6-10-28-13-19)30-16-8-7-14(22)11-15(16)20/h7-8,11,25H,5-6,9-10,12-13H2,1-4H3/t19?,20-,31+/m1/s1. The van der Waals surface area contributed by atoms with Crippen LogP contribution < -0.4 is 9.46 Å². The molecular formula is C21H28BrF2NO5S. The van der Waals surface area contributed by atoms with E-state index >= 15 is 8.78 Å². The highest BCUT2D eigenvalue weighted by molar-refractivity contribution is 9.10. The molecule has 1 aromatic carbocycles. The van der Waals surface area contributed by atoms with Gasteiger partial charge < -0.3 is 14.2 Å². The first-order chi connectivity index (χ1) is 14.4. The number of hydrogen-bond donors (Lipinski definition) is 1. The van der Waals surface area contributed by atoms with Crippen molar-refractivity contribution in [2.45, 2.75) is 68.8 Å². The van der Waals surface area contributed by atoms with Crippen LogP contribution in [0.2, 0.25) is 0 Å². The summed E-state index contributed by atoms with van der Waals surface area (Å²) in [5.41, 5.74) is -3.37. The summed E-state index contributed by atoms with van der Waals surface area (Å²) >= 11 is 3.32. The zero-order valence-corrected chi connectivity index (χ0v) is 20.5. The average molecular weight is 524 g/mol. The van der Waals surface area contributed by atoms with Gasteiger partial charge in [0.25, 0.3) is 0 Å². The lowest BCUT2D eigenvalue weighted by atomic mass is 9.71. The number of carbonyl (C=O) groups is 1. The van der Waals surface area contributed by atoms with Crippen molar-refractivity contribution in [1.29, 1.82) is 0 Å². The molecule has 31 heavy (non-hydrogen) atoms. The number of esters is 1. The molecule has 1 unspecified atom stereocenters. The van der Waals surface area contributed by atoms with Gasteiger partial charge in [-0.3, -0.25) is 0 Å². The third-order valence-corrected chi connectivity index (χ3v) is 7.63. The highest BCUT2D eigenvalue weighted by Gasteiger charge is 2.68. The number of rotatable bonds is 5. The van der Waals surface area contributed by atoms with E-state index in [2.05, 4.69) is 20.7 Å². The van der Waals surface area contributed by atoms with Crippen molar-refractivity contribution in [2.24, 2.45) is 0 Å². The molecule has 2 aliphatic heterocycles. The van der Waals surface area contributed by atoms with E-state index in [4.69, 9.17) is 14.2 Å². The van der Waals surface area contributed by atoms with Crippen molar-refractivity contribution in [1.82, 2.24) is 4.72 Å². The van der Waals surface area contributed by atoms with E-state index < -0.39 is 38.8 Å². The lowest BCUT2D eigenvalue weighted by Crippen LogP contribution is -2.68. The topological polar surface area (TPSA) is 73.9 Å². The van der Waals surface area contributed by atoms with Gasteiger partial charge in [-0.25, -0.2) is 13.7 Å². The number of hydrogen-bond acceptors (Lipinski definition) is 5. The van der Waals surface area contributed by atoms with Crippen molar-refractivity contribution in [3.05, 3.63) is 28.2 Å². The second kappa shape index (κ2) is 8.68. The Labute approximate surface area is 192 Å². The number of alkyl halides is 2. The molecule has 1 N–H and O–H groups in total. The number of nitrogens with one attached hydrogen (secondary N) is 1. The van der Waals surface area contributed by atoms with E-state index in [1.807, 2.05) is 0 Å². The summed E-state index contributed by atoms with van der Waals surface area (Å²) in [7, 11) is -1.93. The zero-order chi connectivity index (χ0) is 23.1. The van der Waals surface area contributed by atoms with Gasteiger partial charge in [-0.15, -0.1) is 0 Å². The summed E-state index contributed by atoms with van der Waals surface area (Å²) < 4.78 is 64.2. The van der Waals surface area contributed by atoms with E-state index in [0.717, 1.165) is 0 Å². The average Bonchev–Trinajstić information content (AvgIpc) is 2.68. The van der Waals surface area contributed by atoms with Crippen LogP contribution in [0.25, 0.3) is 0 Å². The predicted molar refractivity (Wildman–Crippen MR) is 116 cm³/mol. The molecule has 10 heteroatoms. The fraction of sp³-hybridized carbons (Fsp3) is 0.667. The summed E-state index contributed by atoms with van der Waals surface area (Å²) in [6.07, 6.45) is 0.777. The van der Waals surface area contributed by atoms with Crippen LogP contribution in [0.1, 0.15) is 52.5 Å². The van der Waals surface area contributed by atoms with Gasteiger partial charge in [0, 0.05) is 23.1 Å². The summed E-state index contributed by atoms with van der Waals surface area (Å²) in [5, 5.41) is 0. The number of fused-ring (bicyclic) bond motifs is 1. The minimum atomic E-state index is -4.03.